The summed E-state index contributed by atoms with van der Waals surface area (Å²) in [5.74, 6) is -13.4. The van der Waals surface area contributed by atoms with Crippen LogP contribution in [-0.2, 0) is 68.7 Å². The van der Waals surface area contributed by atoms with Crippen LogP contribution in [0.1, 0.15) is 141 Å². The van der Waals surface area contributed by atoms with E-state index in [0.29, 0.717) is 35.9 Å². The molecular formula is C69H128N33O14+. The topological polar surface area (TPSA) is 839 Å². The normalized spacial score (nSPS) is 13.5. The lowest BCUT2D eigenvalue weighted by atomic mass is 10.0. The van der Waals surface area contributed by atoms with Crippen molar-refractivity contribution in [2.24, 2.45) is 116 Å². The lowest BCUT2D eigenvalue weighted by Crippen LogP contribution is -2.60. The maximum atomic E-state index is 15.0. The van der Waals surface area contributed by atoms with Crippen LogP contribution in [0.4, 0.5) is 0 Å². The maximum absolute atomic E-state index is 15.0. The number of rotatable bonds is 60. The van der Waals surface area contributed by atoms with Crippen molar-refractivity contribution in [2.75, 3.05) is 80.0 Å². The molecule has 47 heteroatoms. The molecule has 0 unspecified atom stereocenters. The first kappa shape index (κ1) is 102. The molecule has 652 valence electrons. The zero-order chi connectivity index (χ0) is 87.5. The third-order valence-corrected chi connectivity index (χ3v) is 17.1. The smallest absolute Gasteiger partial charge is 0.243 e. The maximum Gasteiger partial charge on any atom is 0.243 e. The van der Waals surface area contributed by atoms with E-state index in [1.54, 1.807) is 12.1 Å². The largest absolute Gasteiger partial charge is 0.508 e. The van der Waals surface area contributed by atoms with E-state index in [0.717, 1.165) is 0 Å². The Balaban J connectivity index is 4.00. The van der Waals surface area contributed by atoms with Gasteiger partial charge in [0.05, 0.1) is 34.2 Å². The highest BCUT2D eigenvalue weighted by Gasteiger charge is 2.36. The molecule has 0 aliphatic heterocycles. The van der Waals surface area contributed by atoms with Crippen LogP contribution < -0.4 is 144 Å². The van der Waals surface area contributed by atoms with E-state index in [2.05, 4.69) is 88.4 Å². The Morgan fingerprint density at radius 1 is 0.345 bits per heavy atom. The number of amides is 13. The molecule has 0 aliphatic carbocycles. The number of aromatic hydroxyl groups is 1. The minimum atomic E-state index is -1.73. The first-order chi connectivity index (χ1) is 54.6. The summed E-state index contributed by atoms with van der Waals surface area (Å²) in [6.07, 6.45) is -0.343. The number of nitrogens with one attached hydrogen (secondary N) is 11. The molecule has 10 atom stereocenters. The molecule has 1 aromatic rings. The van der Waals surface area contributed by atoms with E-state index < -0.39 is 157 Å². The van der Waals surface area contributed by atoms with Gasteiger partial charge in [-0.2, -0.15) is 0 Å². The fourth-order valence-electron chi connectivity index (χ4n) is 11.2. The number of phenolic OH excluding ortho intramolecular Hbond substituents is 1. The standard InChI is InChI=1S/C69H127N33O14/c1-39(103)92-51(37-40-23-25-41(104)26-24-40)55(108)91-38-53(106)93-43(18-10-31-86-65(75)76)56(109)95-45(16-6-8-36-102(2,3)4)59(112)96-44(15-5-7-29-70)58(111)98-47(20-12-33-88-67(79)80)60(113)99-49(22-14-35-90-69(83)84)62(115)101-50(27-28-52(71)105)63(116)100-48(21-13-34-89-68(81)82)61(114)97-46(19-11-32-87-66(77)78)57(110)94-42(54(72)107)17-9-30-85-64(73)74/h23-26,42-51H,5-22,27-38,70H2,1-4H3,(H39-,71,72,73,74,75,76,77,78,79,80,81,82,83,84,85,86,87,88,89,90,91,92,93,94,95,96,97,98,99,100,101,103,104,105,106,107,108,109,110,111,112,113,114,115,116)/p+1/t42-,43-,44-,45-,46-,47-,48-,49-,50-,51-/m0/s1. The van der Waals surface area contributed by atoms with Crippen molar-refractivity contribution in [3.05, 3.63) is 29.8 Å². The number of aliphatic imine (C=N–C) groups is 6. The van der Waals surface area contributed by atoms with Gasteiger partial charge in [0, 0.05) is 59.0 Å². The number of unbranched alkanes of at least 4 members (excludes halogenated alkanes) is 2. The van der Waals surface area contributed by atoms with Gasteiger partial charge in [-0.15, -0.1) is 0 Å². The number of nitrogens with two attached hydrogens (primary N) is 15. The number of hydrogen-bond donors (Lipinski definition) is 27. The SMILES string of the molecule is CC(=O)N[C@@H](Cc1ccc(O)cc1)C(=O)NCC(=O)N[C@@H](CCCN=C(N)N)C(=O)N[C@@H](CCCC[N+](C)(C)C)C(=O)N[C@@H](CCCCN)C(=O)N[C@@H](CCCN=C(N)N)C(=O)N[C@@H](CCCN=C(N)N)C(=O)N[C@@H](CCC(N)=O)C(=O)N[C@@H](CCCN=C(N)N)C(=O)N[C@@H](CCCN=C(N)N)C(=O)N[C@@H](CCCN=C(N)N)C(N)=O. The summed E-state index contributed by atoms with van der Waals surface area (Å²) in [7, 11) is 5.87. The average Bonchev–Trinajstić information content (AvgIpc) is 0.860. The first-order valence-electron chi connectivity index (χ1n) is 38.1. The lowest BCUT2D eigenvalue weighted by molar-refractivity contribution is -0.870. The molecule has 0 fully saturated rings. The quantitative estimate of drug-likeness (QED) is 0.0125. The van der Waals surface area contributed by atoms with Crippen LogP contribution in [0.2, 0.25) is 0 Å². The lowest BCUT2D eigenvalue weighted by Gasteiger charge is -2.28. The van der Waals surface area contributed by atoms with Crippen LogP contribution in [0.3, 0.4) is 0 Å². The van der Waals surface area contributed by atoms with Crippen molar-refractivity contribution in [3.8, 4) is 5.75 Å². The van der Waals surface area contributed by atoms with Crippen LogP contribution in [0, 0.1) is 0 Å². The predicted octanol–water partition coefficient (Wildman–Crippen LogP) is -11.0. The molecule has 0 aliphatic rings. The summed E-state index contributed by atoms with van der Waals surface area (Å²) >= 11 is 0. The molecule has 0 radical (unpaired) electrons. The molecule has 116 heavy (non-hydrogen) atoms. The summed E-state index contributed by atoms with van der Waals surface area (Å²) in [6, 6.07) is -8.75. The molecule has 13 amide bonds. The van der Waals surface area contributed by atoms with Crippen molar-refractivity contribution < 1.29 is 71.9 Å². The van der Waals surface area contributed by atoms with E-state index in [1.807, 2.05) is 21.1 Å². The van der Waals surface area contributed by atoms with Crippen molar-refractivity contribution in [3.63, 3.8) is 0 Å². The second kappa shape index (κ2) is 56.0. The molecular weight excluding hydrogens is 1510 g/mol. The van der Waals surface area contributed by atoms with Gasteiger partial charge < -0.3 is 154 Å². The van der Waals surface area contributed by atoms with Crippen molar-refractivity contribution in [1.29, 1.82) is 0 Å². The second-order valence-electron chi connectivity index (χ2n) is 28.3. The molecule has 47 nitrogen and oxygen atoms in total. The molecule has 1 rings (SSSR count). The average molecular weight is 1640 g/mol. The number of nitrogens with zero attached hydrogens (tertiary/aromatic N) is 7. The van der Waals surface area contributed by atoms with Crippen molar-refractivity contribution >= 4 is 113 Å². The first-order valence-corrected chi connectivity index (χ1v) is 38.1. The molecule has 0 spiro atoms. The zero-order valence-corrected chi connectivity index (χ0v) is 66.8. The molecule has 0 saturated carbocycles. The Labute approximate surface area is 674 Å². The van der Waals surface area contributed by atoms with Gasteiger partial charge in [0.2, 0.25) is 76.8 Å². The van der Waals surface area contributed by atoms with Gasteiger partial charge in [-0.05, 0) is 146 Å². The third kappa shape index (κ3) is 47.9. The van der Waals surface area contributed by atoms with E-state index in [-0.39, 0.29) is 190 Å². The number of phenols is 1. The highest BCUT2D eigenvalue weighted by Crippen LogP contribution is 2.15. The van der Waals surface area contributed by atoms with Gasteiger partial charge >= 0.3 is 0 Å². The molecule has 0 aromatic heterocycles. The molecule has 0 saturated heterocycles. The van der Waals surface area contributed by atoms with Crippen LogP contribution in [0.5, 0.6) is 5.75 Å². The number of hydrogen-bond acceptors (Lipinski definition) is 21. The third-order valence-electron chi connectivity index (χ3n) is 17.1. The monoisotopic (exact) mass is 1640 g/mol. The Bertz CT molecular complexity index is 3510. The van der Waals surface area contributed by atoms with E-state index in [1.165, 1.54) is 19.1 Å². The van der Waals surface area contributed by atoms with Gasteiger partial charge in [-0.25, -0.2) is 0 Å². The van der Waals surface area contributed by atoms with Gasteiger partial charge in [0.15, 0.2) is 35.8 Å². The number of carbonyl (C=O) groups is 13. The number of quaternary nitrogens is 1. The Morgan fingerprint density at radius 2 is 0.621 bits per heavy atom. The minimum absolute atomic E-state index is 0.00570. The molecule has 42 N–H and O–H groups in total. The molecule has 0 bridgehead atoms. The fraction of sp³-hybridized carbons (Fsp3) is 0.638. The summed E-state index contributed by atoms with van der Waals surface area (Å²) in [5.41, 5.74) is 84.4. The van der Waals surface area contributed by atoms with E-state index >= 15 is 0 Å². The molecule has 1 aromatic carbocycles. The fourth-order valence-corrected chi connectivity index (χ4v) is 11.2. The molecule has 0 heterocycles. The van der Waals surface area contributed by atoms with E-state index in [4.69, 9.17) is 86.0 Å². The summed E-state index contributed by atoms with van der Waals surface area (Å²) in [5, 5.41) is 38.4. The Hall–Kier alpha value is -12.3. The van der Waals surface area contributed by atoms with Crippen LogP contribution >= 0.6 is 0 Å². The van der Waals surface area contributed by atoms with Gasteiger partial charge in [0.25, 0.3) is 0 Å². The highest BCUT2D eigenvalue weighted by atomic mass is 16.3. The van der Waals surface area contributed by atoms with Crippen LogP contribution in [-0.4, -0.2) is 263 Å². The summed E-state index contributed by atoms with van der Waals surface area (Å²) in [6.45, 7) is 1.09. The van der Waals surface area contributed by atoms with Crippen molar-refractivity contribution in [1.82, 2.24) is 58.5 Å². The second-order valence-corrected chi connectivity index (χ2v) is 28.3. The zero-order valence-electron chi connectivity index (χ0n) is 66.8. The van der Waals surface area contributed by atoms with Crippen LogP contribution in [0.15, 0.2) is 54.2 Å². The predicted molar refractivity (Wildman–Crippen MR) is 437 cm³/mol. The number of benzene rings is 1. The van der Waals surface area contributed by atoms with Gasteiger partial charge in [-0.1, -0.05) is 12.1 Å². The highest BCUT2D eigenvalue weighted by molar-refractivity contribution is 5.99. The van der Waals surface area contributed by atoms with Gasteiger partial charge in [0.1, 0.15) is 66.2 Å². The van der Waals surface area contributed by atoms with Gasteiger partial charge in [-0.3, -0.25) is 92.3 Å². The number of guanidine groups is 6. The van der Waals surface area contributed by atoms with Crippen LogP contribution in [0.25, 0.3) is 0 Å². The summed E-state index contributed by atoms with van der Waals surface area (Å²) < 4.78 is 0.537. The number of primary amides is 2. The van der Waals surface area contributed by atoms with Crippen molar-refractivity contribution in [2.45, 2.75) is 202 Å². The Morgan fingerprint density at radius 3 is 0.897 bits per heavy atom. The Kier molecular flexibility index (Phi) is 49.1. The van der Waals surface area contributed by atoms with E-state index in [9.17, 15) is 67.4 Å². The summed E-state index contributed by atoms with van der Waals surface area (Å²) in [4.78, 5) is 205. The minimum Gasteiger partial charge on any atom is -0.508 e. The number of carbonyl (C=O) groups excluding carboxylic acids is 13.